The normalized spacial score (nSPS) is 19.4. The number of methoxy groups -OCH3 is 1. The fourth-order valence-electron chi connectivity index (χ4n) is 2.44. The van der Waals surface area contributed by atoms with Crippen LogP contribution in [0.1, 0.15) is 28.9 Å². The molecule has 1 aliphatic heterocycles. The van der Waals surface area contributed by atoms with Crippen LogP contribution in [0.15, 0.2) is 12.1 Å². The van der Waals surface area contributed by atoms with Crippen molar-refractivity contribution in [3.8, 4) is 0 Å². The molecule has 1 atom stereocenters. The molecule has 2 heterocycles. The number of hydrogen-bond acceptors (Lipinski definition) is 5. The lowest BCUT2D eigenvalue weighted by Crippen LogP contribution is -2.31. The highest BCUT2D eigenvalue weighted by molar-refractivity contribution is 5.90. The number of anilines is 1. The summed E-state index contributed by atoms with van der Waals surface area (Å²) in [5.74, 6) is 0.470. The highest BCUT2D eigenvalue weighted by atomic mass is 16.5. The van der Waals surface area contributed by atoms with Crippen LogP contribution in [-0.2, 0) is 4.74 Å². The van der Waals surface area contributed by atoms with Gasteiger partial charge in [-0.15, -0.1) is 0 Å². The number of carbonyl (C=O) groups excluding carboxylic acids is 1. The molecule has 0 amide bonds. The van der Waals surface area contributed by atoms with E-state index in [1.807, 2.05) is 13.0 Å². The van der Waals surface area contributed by atoms with E-state index in [2.05, 4.69) is 22.2 Å². The van der Waals surface area contributed by atoms with Gasteiger partial charge in [-0.25, -0.2) is 9.78 Å². The number of esters is 1. The first-order valence-corrected chi connectivity index (χ1v) is 6.62. The third-order valence-electron chi connectivity index (χ3n) is 3.68. The molecule has 0 spiro atoms. The van der Waals surface area contributed by atoms with Gasteiger partial charge < -0.3 is 15.0 Å². The number of aromatic nitrogens is 1. The fourth-order valence-corrected chi connectivity index (χ4v) is 2.44. The molecule has 1 aliphatic rings. The van der Waals surface area contributed by atoms with Gasteiger partial charge in [0.1, 0.15) is 5.82 Å². The molecule has 0 radical (unpaired) electrons. The number of carbonyl (C=O) groups is 1. The third kappa shape index (κ3) is 3.23. The smallest absolute Gasteiger partial charge is 0.339 e. The minimum Gasteiger partial charge on any atom is -0.465 e. The molecule has 0 saturated carbocycles. The lowest BCUT2D eigenvalue weighted by Gasteiger charge is -2.20. The zero-order valence-electron chi connectivity index (χ0n) is 11.8. The second-order valence-corrected chi connectivity index (χ2v) is 4.98. The van der Waals surface area contributed by atoms with Gasteiger partial charge >= 0.3 is 5.97 Å². The number of pyridine rings is 1. The number of rotatable bonds is 4. The second-order valence-electron chi connectivity index (χ2n) is 4.98. The van der Waals surface area contributed by atoms with Gasteiger partial charge in [-0.3, -0.25) is 0 Å². The van der Waals surface area contributed by atoms with Crippen molar-refractivity contribution in [2.75, 3.05) is 32.6 Å². The Morgan fingerprint density at radius 1 is 1.58 bits per heavy atom. The highest BCUT2D eigenvalue weighted by Gasteiger charge is 2.20. The molecule has 104 valence electrons. The molecule has 1 aromatic heterocycles. The SMILES string of the molecule is COC(=O)c1ccc(NCC2CCCN2C)nc1C. The summed E-state index contributed by atoms with van der Waals surface area (Å²) in [6, 6.07) is 4.16. The second kappa shape index (κ2) is 6.02. The van der Waals surface area contributed by atoms with Gasteiger partial charge in [0.2, 0.25) is 0 Å². The first kappa shape index (κ1) is 13.8. The molecule has 1 saturated heterocycles. The minimum absolute atomic E-state index is 0.341. The maximum atomic E-state index is 11.5. The van der Waals surface area contributed by atoms with Crippen LogP contribution in [0.3, 0.4) is 0 Å². The molecule has 5 nitrogen and oxygen atoms in total. The molecule has 1 aromatic rings. The molecule has 0 bridgehead atoms. The Kier molecular flexibility index (Phi) is 4.37. The van der Waals surface area contributed by atoms with Crippen LogP contribution < -0.4 is 5.32 Å². The van der Waals surface area contributed by atoms with E-state index in [1.54, 1.807) is 6.07 Å². The Morgan fingerprint density at radius 2 is 2.37 bits per heavy atom. The summed E-state index contributed by atoms with van der Waals surface area (Å²) in [5, 5.41) is 3.34. The largest absolute Gasteiger partial charge is 0.465 e. The van der Waals surface area contributed by atoms with Crippen LogP contribution in [0.25, 0.3) is 0 Å². The van der Waals surface area contributed by atoms with Crippen molar-refractivity contribution in [3.63, 3.8) is 0 Å². The van der Waals surface area contributed by atoms with Crippen LogP contribution in [0, 0.1) is 6.92 Å². The molecular weight excluding hydrogens is 242 g/mol. The maximum Gasteiger partial charge on any atom is 0.339 e. The average Bonchev–Trinajstić information content (AvgIpc) is 2.81. The number of likely N-dealkylation sites (tertiary alicyclic amines) is 1. The molecule has 1 fully saturated rings. The highest BCUT2D eigenvalue weighted by Crippen LogP contribution is 2.16. The predicted octanol–water partition coefficient (Wildman–Crippen LogP) is 1.68. The van der Waals surface area contributed by atoms with Gasteiger partial charge in [-0.1, -0.05) is 0 Å². The van der Waals surface area contributed by atoms with Crippen molar-refractivity contribution in [2.45, 2.75) is 25.8 Å². The van der Waals surface area contributed by atoms with E-state index in [0.29, 0.717) is 17.3 Å². The first-order chi connectivity index (χ1) is 9.11. The minimum atomic E-state index is -0.341. The van der Waals surface area contributed by atoms with Crippen molar-refractivity contribution in [1.82, 2.24) is 9.88 Å². The van der Waals surface area contributed by atoms with E-state index in [0.717, 1.165) is 12.4 Å². The monoisotopic (exact) mass is 263 g/mol. The van der Waals surface area contributed by atoms with Crippen LogP contribution in [-0.4, -0.2) is 49.1 Å². The standard InChI is InChI=1S/C14H21N3O2/c1-10-12(14(18)19-3)6-7-13(16-10)15-9-11-5-4-8-17(11)2/h6-7,11H,4-5,8-9H2,1-3H3,(H,15,16). The van der Waals surface area contributed by atoms with Crippen LogP contribution >= 0.6 is 0 Å². The molecule has 0 aromatic carbocycles. The predicted molar refractivity (Wildman–Crippen MR) is 74.5 cm³/mol. The first-order valence-electron chi connectivity index (χ1n) is 6.62. The Hall–Kier alpha value is -1.62. The Morgan fingerprint density at radius 3 is 2.95 bits per heavy atom. The number of ether oxygens (including phenoxy) is 1. The Labute approximate surface area is 114 Å². The van der Waals surface area contributed by atoms with Gasteiger partial charge in [-0.2, -0.15) is 0 Å². The Bertz CT molecular complexity index is 462. The van der Waals surface area contributed by atoms with E-state index < -0.39 is 0 Å². The molecule has 19 heavy (non-hydrogen) atoms. The lowest BCUT2D eigenvalue weighted by atomic mass is 10.2. The summed E-state index contributed by atoms with van der Waals surface area (Å²) in [4.78, 5) is 18.2. The van der Waals surface area contributed by atoms with Crippen molar-refractivity contribution < 1.29 is 9.53 Å². The van der Waals surface area contributed by atoms with Crippen molar-refractivity contribution in [1.29, 1.82) is 0 Å². The van der Waals surface area contributed by atoms with E-state index in [-0.39, 0.29) is 5.97 Å². The van der Waals surface area contributed by atoms with Gasteiger partial charge in [0.05, 0.1) is 18.4 Å². The van der Waals surface area contributed by atoms with Gasteiger partial charge in [0.25, 0.3) is 0 Å². The van der Waals surface area contributed by atoms with Crippen molar-refractivity contribution in [3.05, 3.63) is 23.4 Å². The Balaban J connectivity index is 1.98. The zero-order valence-corrected chi connectivity index (χ0v) is 11.8. The number of nitrogens with one attached hydrogen (secondary N) is 1. The third-order valence-corrected chi connectivity index (χ3v) is 3.68. The zero-order chi connectivity index (χ0) is 13.8. The van der Waals surface area contributed by atoms with Crippen molar-refractivity contribution in [2.24, 2.45) is 0 Å². The summed E-state index contributed by atoms with van der Waals surface area (Å²) < 4.78 is 4.71. The fraction of sp³-hybridized carbons (Fsp3) is 0.571. The average molecular weight is 263 g/mol. The molecule has 1 unspecified atom stereocenters. The topological polar surface area (TPSA) is 54.5 Å². The van der Waals surface area contributed by atoms with Gasteiger partial charge in [0.15, 0.2) is 0 Å². The summed E-state index contributed by atoms with van der Waals surface area (Å²) in [5.41, 5.74) is 1.21. The summed E-state index contributed by atoms with van der Waals surface area (Å²) >= 11 is 0. The van der Waals surface area contributed by atoms with Gasteiger partial charge in [0, 0.05) is 12.6 Å². The number of nitrogens with zero attached hydrogens (tertiary/aromatic N) is 2. The number of aryl methyl sites for hydroxylation is 1. The van der Waals surface area contributed by atoms with Gasteiger partial charge in [-0.05, 0) is 45.5 Å². The van der Waals surface area contributed by atoms with E-state index in [4.69, 9.17) is 4.74 Å². The maximum absolute atomic E-state index is 11.5. The quantitative estimate of drug-likeness (QED) is 0.838. The van der Waals surface area contributed by atoms with Crippen LogP contribution in [0.2, 0.25) is 0 Å². The summed E-state index contributed by atoms with van der Waals surface area (Å²) in [6.45, 7) is 3.87. The van der Waals surface area contributed by atoms with Crippen LogP contribution in [0.5, 0.6) is 0 Å². The molecular formula is C14H21N3O2. The van der Waals surface area contributed by atoms with E-state index in [9.17, 15) is 4.79 Å². The molecule has 2 rings (SSSR count). The molecule has 1 N–H and O–H groups in total. The molecule has 5 heteroatoms. The molecule has 0 aliphatic carbocycles. The number of hydrogen-bond donors (Lipinski definition) is 1. The van der Waals surface area contributed by atoms with E-state index in [1.165, 1.54) is 26.5 Å². The van der Waals surface area contributed by atoms with Crippen LogP contribution in [0.4, 0.5) is 5.82 Å². The summed E-state index contributed by atoms with van der Waals surface area (Å²) in [6.07, 6.45) is 2.49. The number of likely N-dealkylation sites (N-methyl/N-ethyl adjacent to an activating group) is 1. The lowest BCUT2D eigenvalue weighted by molar-refractivity contribution is 0.0599. The van der Waals surface area contributed by atoms with Crippen molar-refractivity contribution >= 4 is 11.8 Å². The van der Waals surface area contributed by atoms with E-state index >= 15 is 0 Å². The summed E-state index contributed by atoms with van der Waals surface area (Å²) in [7, 11) is 3.53.